The van der Waals surface area contributed by atoms with Gasteiger partial charge in [0.2, 0.25) is 0 Å². The van der Waals surface area contributed by atoms with Crippen LogP contribution in [0.2, 0.25) is 5.02 Å². The van der Waals surface area contributed by atoms with Gasteiger partial charge in [0.25, 0.3) is 10.0 Å². The van der Waals surface area contributed by atoms with Crippen molar-refractivity contribution >= 4 is 33.5 Å². The Kier molecular flexibility index (Phi) is 6.88. The molecule has 2 aromatic carbocycles. The van der Waals surface area contributed by atoms with E-state index in [4.69, 9.17) is 16.3 Å². The van der Waals surface area contributed by atoms with Crippen LogP contribution in [0.25, 0.3) is 0 Å². The molecule has 0 aliphatic heterocycles. The summed E-state index contributed by atoms with van der Waals surface area (Å²) in [5.41, 5.74) is 1.89. The van der Waals surface area contributed by atoms with Crippen LogP contribution < -0.4 is 14.5 Å². The van der Waals surface area contributed by atoms with Gasteiger partial charge in [-0.2, -0.15) is 18.4 Å². The summed E-state index contributed by atoms with van der Waals surface area (Å²) >= 11 is 5.88. The molecule has 2 aromatic rings. The average Bonchev–Trinajstić information content (AvgIpc) is 2.64. The molecule has 0 radical (unpaired) electrons. The fraction of sp³-hybridized carbons (Fsp3) is 0.278. The maximum absolute atomic E-state index is 12.4. The monoisotopic (exact) mass is 395 g/mol. The SMILES string of the molecule is CCN(CC)c1ccc(/C=N/NS(=O)(=O)c2cc(Cl)ccc2OC)cc1. The third kappa shape index (κ3) is 4.89. The van der Waals surface area contributed by atoms with Crippen LogP contribution in [0, 0.1) is 0 Å². The number of ether oxygens (including phenoxy) is 1. The van der Waals surface area contributed by atoms with E-state index in [0.717, 1.165) is 24.3 Å². The predicted molar refractivity (Wildman–Crippen MR) is 106 cm³/mol. The summed E-state index contributed by atoms with van der Waals surface area (Å²) in [6.45, 7) is 6.03. The van der Waals surface area contributed by atoms with Gasteiger partial charge in [-0.15, -0.1) is 0 Å². The van der Waals surface area contributed by atoms with Crippen LogP contribution in [-0.4, -0.2) is 34.8 Å². The van der Waals surface area contributed by atoms with Gasteiger partial charge in [0.05, 0.1) is 13.3 Å². The molecule has 8 heteroatoms. The number of hydrogen-bond acceptors (Lipinski definition) is 5. The molecule has 0 unspecified atom stereocenters. The van der Waals surface area contributed by atoms with E-state index in [1.54, 1.807) is 6.07 Å². The van der Waals surface area contributed by atoms with Crippen LogP contribution in [-0.2, 0) is 10.0 Å². The summed E-state index contributed by atoms with van der Waals surface area (Å²) in [5.74, 6) is 0.195. The van der Waals surface area contributed by atoms with Gasteiger partial charge < -0.3 is 9.64 Å². The van der Waals surface area contributed by atoms with E-state index in [-0.39, 0.29) is 10.6 Å². The number of nitrogens with one attached hydrogen (secondary N) is 1. The Morgan fingerprint density at radius 2 is 1.81 bits per heavy atom. The molecule has 0 atom stereocenters. The number of sulfonamides is 1. The predicted octanol–water partition coefficient (Wildman–Crippen LogP) is 3.51. The molecule has 6 nitrogen and oxygen atoms in total. The number of nitrogens with zero attached hydrogens (tertiary/aromatic N) is 2. The minimum absolute atomic E-state index is 0.0680. The number of hydrogen-bond donors (Lipinski definition) is 1. The van der Waals surface area contributed by atoms with E-state index in [9.17, 15) is 8.42 Å². The first-order valence-electron chi connectivity index (χ1n) is 8.14. The number of benzene rings is 2. The molecule has 0 saturated heterocycles. The Morgan fingerprint density at radius 3 is 2.38 bits per heavy atom. The molecule has 0 aliphatic carbocycles. The quantitative estimate of drug-likeness (QED) is 0.548. The second-order valence-corrected chi connectivity index (χ2v) is 7.48. The number of rotatable bonds is 8. The van der Waals surface area contributed by atoms with Gasteiger partial charge in [-0.3, -0.25) is 0 Å². The van der Waals surface area contributed by atoms with Crippen LogP contribution in [0.1, 0.15) is 19.4 Å². The van der Waals surface area contributed by atoms with Crippen molar-refractivity contribution in [2.45, 2.75) is 18.7 Å². The van der Waals surface area contributed by atoms with Gasteiger partial charge in [0, 0.05) is 23.8 Å². The summed E-state index contributed by atoms with van der Waals surface area (Å²) in [4.78, 5) is 4.33. The molecule has 0 fully saturated rings. The second kappa shape index (κ2) is 8.91. The maximum atomic E-state index is 12.4. The topological polar surface area (TPSA) is 71.0 Å². The van der Waals surface area contributed by atoms with Crippen LogP contribution >= 0.6 is 11.6 Å². The number of hydrazone groups is 1. The van der Waals surface area contributed by atoms with E-state index in [1.807, 2.05) is 24.3 Å². The van der Waals surface area contributed by atoms with Crippen molar-refractivity contribution in [3.05, 3.63) is 53.1 Å². The zero-order valence-corrected chi connectivity index (χ0v) is 16.5. The van der Waals surface area contributed by atoms with Gasteiger partial charge in [-0.05, 0) is 49.7 Å². The van der Waals surface area contributed by atoms with Crippen molar-refractivity contribution in [1.82, 2.24) is 4.83 Å². The molecule has 26 heavy (non-hydrogen) atoms. The molecule has 0 bridgehead atoms. The maximum Gasteiger partial charge on any atom is 0.280 e. The molecule has 140 valence electrons. The zero-order valence-electron chi connectivity index (χ0n) is 14.9. The molecule has 0 aliphatic rings. The van der Waals surface area contributed by atoms with Crippen molar-refractivity contribution in [3.8, 4) is 5.75 Å². The first kappa shape index (κ1) is 20.1. The fourth-order valence-corrected chi connectivity index (χ4v) is 3.66. The third-order valence-corrected chi connectivity index (χ3v) is 5.30. The first-order chi connectivity index (χ1) is 12.4. The van der Waals surface area contributed by atoms with Crippen LogP contribution in [0.4, 0.5) is 5.69 Å². The van der Waals surface area contributed by atoms with Crippen molar-refractivity contribution in [3.63, 3.8) is 0 Å². The minimum atomic E-state index is -3.89. The molecule has 0 spiro atoms. The molecule has 0 heterocycles. The highest BCUT2D eigenvalue weighted by Crippen LogP contribution is 2.26. The lowest BCUT2D eigenvalue weighted by atomic mass is 10.2. The lowest BCUT2D eigenvalue weighted by molar-refractivity contribution is 0.402. The minimum Gasteiger partial charge on any atom is -0.495 e. The molecule has 0 aromatic heterocycles. The van der Waals surface area contributed by atoms with Crippen molar-refractivity contribution in [2.75, 3.05) is 25.1 Å². The van der Waals surface area contributed by atoms with Gasteiger partial charge in [0.15, 0.2) is 0 Å². The van der Waals surface area contributed by atoms with Crippen LogP contribution in [0.15, 0.2) is 52.5 Å². The van der Waals surface area contributed by atoms with Gasteiger partial charge in [-0.25, -0.2) is 0 Å². The Hall–Kier alpha value is -2.25. The molecule has 0 saturated carbocycles. The highest BCUT2D eigenvalue weighted by atomic mass is 35.5. The van der Waals surface area contributed by atoms with Crippen LogP contribution in [0.3, 0.4) is 0 Å². The van der Waals surface area contributed by atoms with Crippen LogP contribution in [0.5, 0.6) is 5.75 Å². The van der Waals surface area contributed by atoms with E-state index in [0.29, 0.717) is 5.02 Å². The Bertz CT molecular complexity index is 864. The number of halogens is 1. The Morgan fingerprint density at radius 1 is 1.15 bits per heavy atom. The summed E-state index contributed by atoms with van der Waals surface area (Å²) in [6, 6.07) is 12.1. The molecule has 1 N–H and O–H groups in total. The molecule has 0 amide bonds. The van der Waals surface area contributed by atoms with Gasteiger partial charge >= 0.3 is 0 Å². The highest BCUT2D eigenvalue weighted by molar-refractivity contribution is 7.89. The van der Waals surface area contributed by atoms with Gasteiger partial charge in [0.1, 0.15) is 10.6 Å². The average molecular weight is 396 g/mol. The standard InChI is InChI=1S/C18H22ClN3O3S/c1-4-22(5-2)16-9-6-14(7-10-16)13-20-21-26(23,24)18-12-15(19)8-11-17(18)25-3/h6-13,21H,4-5H2,1-3H3/b20-13+. The lowest BCUT2D eigenvalue weighted by Crippen LogP contribution is -2.21. The second-order valence-electron chi connectivity index (χ2n) is 5.41. The van der Waals surface area contributed by atoms with E-state index >= 15 is 0 Å². The lowest BCUT2D eigenvalue weighted by Gasteiger charge is -2.20. The molecular formula is C18H22ClN3O3S. The van der Waals surface area contributed by atoms with E-state index < -0.39 is 10.0 Å². The number of anilines is 1. The Balaban J connectivity index is 2.13. The summed E-state index contributed by atoms with van der Waals surface area (Å²) in [7, 11) is -2.50. The third-order valence-electron chi connectivity index (χ3n) is 3.82. The zero-order chi connectivity index (χ0) is 19.2. The smallest absolute Gasteiger partial charge is 0.280 e. The van der Waals surface area contributed by atoms with Crippen molar-refractivity contribution < 1.29 is 13.2 Å². The Labute approximate surface area is 159 Å². The summed E-state index contributed by atoms with van der Waals surface area (Å²) < 4.78 is 29.9. The normalized spacial score (nSPS) is 11.5. The first-order valence-corrected chi connectivity index (χ1v) is 10.0. The molecular weight excluding hydrogens is 374 g/mol. The summed E-state index contributed by atoms with van der Waals surface area (Å²) in [6.07, 6.45) is 1.45. The van der Waals surface area contributed by atoms with E-state index in [1.165, 1.54) is 25.5 Å². The highest BCUT2D eigenvalue weighted by Gasteiger charge is 2.19. The fourth-order valence-electron chi connectivity index (χ4n) is 2.44. The number of methoxy groups -OCH3 is 1. The van der Waals surface area contributed by atoms with E-state index in [2.05, 4.69) is 28.7 Å². The summed E-state index contributed by atoms with van der Waals surface area (Å²) in [5, 5.41) is 4.13. The largest absolute Gasteiger partial charge is 0.495 e. The van der Waals surface area contributed by atoms with Crippen molar-refractivity contribution in [2.24, 2.45) is 5.10 Å². The van der Waals surface area contributed by atoms with Crippen molar-refractivity contribution in [1.29, 1.82) is 0 Å². The van der Waals surface area contributed by atoms with Gasteiger partial charge in [-0.1, -0.05) is 23.7 Å². The molecule has 2 rings (SSSR count).